The molecular formula is C15H19N3O2. The Labute approximate surface area is 118 Å². The molecule has 0 spiro atoms. The van der Waals surface area contributed by atoms with Crippen LogP contribution in [0.2, 0.25) is 0 Å². The molecule has 5 heteroatoms. The summed E-state index contributed by atoms with van der Waals surface area (Å²) in [7, 11) is 0. The van der Waals surface area contributed by atoms with Crippen molar-refractivity contribution in [1.82, 2.24) is 9.97 Å². The van der Waals surface area contributed by atoms with Gasteiger partial charge in [-0.05, 0) is 38.2 Å². The quantitative estimate of drug-likeness (QED) is 0.721. The van der Waals surface area contributed by atoms with Gasteiger partial charge < -0.3 is 9.64 Å². The van der Waals surface area contributed by atoms with Crippen molar-refractivity contribution >= 4 is 11.9 Å². The first kappa shape index (κ1) is 12.1. The normalized spacial score (nSPS) is 28.2. The Balaban J connectivity index is 1.63. The molecule has 0 unspecified atom stereocenters. The van der Waals surface area contributed by atoms with Crippen LogP contribution in [0.3, 0.4) is 0 Å². The molecule has 1 aliphatic carbocycles. The summed E-state index contributed by atoms with van der Waals surface area (Å²) >= 11 is 0. The summed E-state index contributed by atoms with van der Waals surface area (Å²) in [5.41, 5.74) is 3.68. The second-order valence-corrected chi connectivity index (χ2v) is 6.14. The van der Waals surface area contributed by atoms with Crippen molar-refractivity contribution in [1.29, 1.82) is 0 Å². The predicted octanol–water partition coefficient (Wildman–Crippen LogP) is 1.27. The van der Waals surface area contributed by atoms with Gasteiger partial charge in [-0.25, -0.2) is 9.97 Å². The first-order valence-electron chi connectivity index (χ1n) is 7.50. The van der Waals surface area contributed by atoms with Gasteiger partial charge in [0.1, 0.15) is 0 Å². The SMILES string of the molecule is Cc1nc(N2C[C@@H]3COC(=O)[C@@H]3C2)nc2c1CCCC2. The number of aryl methyl sites for hydroxylation is 2. The van der Waals surface area contributed by atoms with Crippen molar-refractivity contribution in [3.05, 3.63) is 17.0 Å². The highest BCUT2D eigenvalue weighted by molar-refractivity contribution is 5.76. The monoisotopic (exact) mass is 273 g/mol. The summed E-state index contributed by atoms with van der Waals surface area (Å²) in [6.45, 7) is 4.20. The minimum atomic E-state index is -0.0489. The van der Waals surface area contributed by atoms with E-state index in [1.54, 1.807) is 0 Å². The average molecular weight is 273 g/mol. The lowest BCUT2D eigenvalue weighted by Crippen LogP contribution is -2.27. The van der Waals surface area contributed by atoms with Gasteiger partial charge in [-0.2, -0.15) is 0 Å². The number of nitrogens with zero attached hydrogens (tertiary/aromatic N) is 3. The van der Waals surface area contributed by atoms with E-state index >= 15 is 0 Å². The number of rotatable bonds is 1. The third-order valence-electron chi connectivity index (χ3n) is 4.84. The van der Waals surface area contributed by atoms with Gasteiger partial charge in [0.05, 0.1) is 12.5 Å². The van der Waals surface area contributed by atoms with Crippen LogP contribution in [0.5, 0.6) is 0 Å². The maximum absolute atomic E-state index is 11.6. The molecule has 0 N–H and O–H groups in total. The first-order valence-corrected chi connectivity index (χ1v) is 7.50. The molecule has 2 saturated heterocycles. The fraction of sp³-hybridized carbons (Fsp3) is 0.667. The molecule has 1 aromatic heterocycles. The van der Waals surface area contributed by atoms with Crippen LogP contribution in [-0.4, -0.2) is 35.6 Å². The molecule has 0 bridgehead atoms. The molecule has 4 rings (SSSR count). The largest absolute Gasteiger partial charge is 0.465 e. The highest BCUT2D eigenvalue weighted by atomic mass is 16.5. The highest BCUT2D eigenvalue weighted by Gasteiger charge is 2.44. The van der Waals surface area contributed by atoms with Crippen molar-refractivity contribution in [3.63, 3.8) is 0 Å². The second-order valence-electron chi connectivity index (χ2n) is 6.14. The minimum absolute atomic E-state index is 0.0231. The van der Waals surface area contributed by atoms with Gasteiger partial charge in [0.15, 0.2) is 0 Å². The topological polar surface area (TPSA) is 55.3 Å². The van der Waals surface area contributed by atoms with Crippen molar-refractivity contribution in [2.75, 3.05) is 24.6 Å². The van der Waals surface area contributed by atoms with E-state index in [2.05, 4.69) is 16.8 Å². The molecule has 0 saturated carbocycles. The third kappa shape index (κ3) is 1.79. The van der Waals surface area contributed by atoms with Gasteiger partial charge in [0.25, 0.3) is 0 Å². The predicted molar refractivity (Wildman–Crippen MR) is 73.6 cm³/mol. The van der Waals surface area contributed by atoms with E-state index in [4.69, 9.17) is 9.72 Å². The zero-order chi connectivity index (χ0) is 13.7. The smallest absolute Gasteiger partial charge is 0.311 e. The van der Waals surface area contributed by atoms with E-state index in [1.807, 2.05) is 0 Å². The molecule has 0 amide bonds. The Morgan fingerprint density at radius 2 is 2.05 bits per heavy atom. The van der Waals surface area contributed by atoms with Gasteiger partial charge in [0.2, 0.25) is 5.95 Å². The Kier molecular flexibility index (Phi) is 2.69. The van der Waals surface area contributed by atoms with Gasteiger partial charge in [0, 0.05) is 30.4 Å². The standard InChI is InChI=1S/C15H19N3O2/c1-9-11-4-2-3-5-13(11)17-15(16-9)18-6-10-8-20-14(19)12(10)7-18/h10,12H,2-8H2,1H3/t10-,12-/m1/s1. The zero-order valence-electron chi connectivity index (χ0n) is 11.8. The molecule has 2 atom stereocenters. The molecule has 5 nitrogen and oxygen atoms in total. The molecule has 2 aliphatic heterocycles. The van der Waals surface area contributed by atoms with Crippen molar-refractivity contribution in [2.24, 2.45) is 11.8 Å². The van der Waals surface area contributed by atoms with Crippen LogP contribution in [-0.2, 0) is 22.4 Å². The number of aromatic nitrogens is 2. The maximum atomic E-state index is 11.6. The van der Waals surface area contributed by atoms with Crippen LogP contribution in [0.4, 0.5) is 5.95 Å². The van der Waals surface area contributed by atoms with E-state index in [0.717, 1.165) is 31.0 Å². The van der Waals surface area contributed by atoms with Gasteiger partial charge in [-0.15, -0.1) is 0 Å². The van der Waals surface area contributed by atoms with Crippen LogP contribution in [0.1, 0.15) is 29.8 Å². The molecule has 0 aromatic carbocycles. The van der Waals surface area contributed by atoms with Crippen molar-refractivity contribution in [2.45, 2.75) is 32.6 Å². The Morgan fingerprint density at radius 1 is 1.20 bits per heavy atom. The highest BCUT2D eigenvalue weighted by Crippen LogP contribution is 2.33. The Bertz CT molecular complexity index is 572. The fourth-order valence-corrected chi connectivity index (χ4v) is 3.67. The average Bonchev–Trinajstić information content (AvgIpc) is 3.02. The summed E-state index contributed by atoms with van der Waals surface area (Å²) in [5.74, 6) is 1.11. The number of hydrogen-bond donors (Lipinski definition) is 0. The molecule has 3 aliphatic rings. The first-order chi connectivity index (χ1) is 9.72. The maximum Gasteiger partial charge on any atom is 0.311 e. The summed E-state index contributed by atoms with van der Waals surface area (Å²) in [6, 6.07) is 0. The number of esters is 1. The number of carbonyl (C=O) groups excluding carboxylic acids is 1. The summed E-state index contributed by atoms with van der Waals surface area (Å²) in [4.78, 5) is 23.3. The van der Waals surface area contributed by atoms with Crippen LogP contribution >= 0.6 is 0 Å². The Morgan fingerprint density at radius 3 is 2.90 bits per heavy atom. The minimum Gasteiger partial charge on any atom is -0.465 e. The van der Waals surface area contributed by atoms with Gasteiger partial charge >= 0.3 is 5.97 Å². The number of ether oxygens (including phenoxy) is 1. The summed E-state index contributed by atoms with van der Waals surface area (Å²) < 4.78 is 5.11. The molecular weight excluding hydrogens is 254 g/mol. The van der Waals surface area contributed by atoms with E-state index in [-0.39, 0.29) is 11.9 Å². The van der Waals surface area contributed by atoms with Crippen LogP contribution < -0.4 is 4.90 Å². The third-order valence-corrected chi connectivity index (χ3v) is 4.84. The number of cyclic esters (lactones) is 1. The molecule has 1 aromatic rings. The van der Waals surface area contributed by atoms with E-state index in [0.29, 0.717) is 19.1 Å². The number of carbonyl (C=O) groups is 1. The van der Waals surface area contributed by atoms with Gasteiger partial charge in [-0.3, -0.25) is 4.79 Å². The molecule has 20 heavy (non-hydrogen) atoms. The van der Waals surface area contributed by atoms with Crippen LogP contribution in [0.15, 0.2) is 0 Å². The lowest BCUT2D eigenvalue weighted by atomic mass is 9.95. The summed E-state index contributed by atoms with van der Waals surface area (Å²) in [6.07, 6.45) is 4.64. The zero-order valence-corrected chi connectivity index (χ0v) is 11.8. The molecule has 3 heterocycles. The van der Waals surface area contributed by atoms with Crippen LogP contribution in [0, 0.1) is 18.8 Å². The number of anilines is 1. The van der Waals surface area contributed by atoms with Crippen LogP contribution in [0.25, 0.3) is 0 Å². The Hall–Kier alpha value is -1.65. The molecule has 2 fully saturated rings. The van der Waals surface area contributed by atoms with Gasteiger partial charge in [-0.1, -0.05) is 0 Å². The molecule has 0 radical (unpaired) electrons. The van der Waals surface area contributed by atoms with E-state index in [9.17, 15) is 4.79 Å². The lowest BCUT2D eigenvalue weighted by molar-refractivity contribution is -0.140. The number of hydrogen-bond acceptors (Lipinski definition) is 5. The second kappa shape index (κ2) is 4.43. The van der Waals surface area contributed by atoms with E-state index < -0.39 is 0 Å². The molecule has 106 valence electrons. The van der Waals surface area contributed by atoms with Crippen molar-refractivity contribution in [3.8, 4) is 0 Å². The van der Waals surface area contributed by atoms with Crippen molar-refractivity contribution < 1.29 is 9.53 Å². The summed E-state index contributed by atoms with van der Waals surface area (Å²) in [5, 5.41) is 0. The van der Waals surface area contributed by atoms with E-state index in [1.165, 1.54) is 24.1 Å². The number of fused-ring (bicyclic) bond motifs is 2. The fourth-order valence-electron chi connectivity index (χ4n) is 3.67. The lowest BCUT2D eigenvalue weighted by Gasteiger charge is -2.22.